The van der Waals surface area contributed by atoms with Gasteiger partial charge in [0.05, 0.1) is 12.3 Å². The van der Waals surface area contributed by atoms with E-state index in [1.165, 1.54) is 0 Å². The van der Waals surface area contributed by atoms with Crippen molar-refractivity contribution in [2.24, 2.45) is 5.73 Å². The van der Waals surface area contributed by atoms with Crippen LogP contribution in [0.4, 0.5) is 0 Å². The van der Waals surface area contributed by atoms with Gasteiger partial charge in [0.1, 0.15) is 5.76 Å². The second kappa shape index (κ2) is 5.56. The quantitative estimate of drug-likeness (QED) is 0.802. The Morgan fingerprint density at radius 3 is 2.67 bits per heavy atom. The average molecular weight is 210 g/mol. The summed E-state index contributed by atoms with van der Waals surface area (Å²) in [5.41, 5.74) is 5.85. The van der Waals surface area contributed by atoms with Gasteiger partial charge in [-0.2, -0.15) is 0 Å². The van der Waals surface area contributed by atoms with Crippen molar-refractivity contribution in [3.63, 3.8) is 0 Å². The van der Waals surface area contributed by atoms with E-state index in [1.54, 1.807) is 23.3 Å². The first-order valence-corrected chi connectivity index (χ1v) is 5.25. The molecule has 0 radical (unpaired) electrons. The number of nitrogens with two attached hydrogens (primary N) is 1. The minimum atomic E-state index is -0.340. The van der Waals surface area contributed by atoms with Crippen molar-refractivity contribution in [3.05, 3.63) is 24.2 Å². The van der Waals surface area contributed by atoms with Gasteiger partial charge in [-0.1, -0.05) is 0 Å². The highest BCUT2D eigenvalue weighted by Gasteiger charge is 2.17. The molecule has 4 heteroatoms. The Bertz CT molecular complexity index is 292. The summed E-state index contributed by atoms with van der Waals surface area (Å²) in [4.78, 5) is 13.5. The van der Waals surface area contributed by atoms with Crippen LogP contribution in [0, 0.1) is 0 Å². The molecule has 1 heterocycles. The van der Waals surface area contributed by atoms with Crippen LogP contribution in [0.1, 0.15) is 32.1 Å². The van der Waals surface area contributed by atoms with Crippen LogP contribution in [-0.4, -0.2) is 23.9 Å². The van der Waals surface area contributed by atoms with Gasteiger partial charge >= 0.3 is 0 Å². The lowest BCUT2D eigenvalue weighted by atomic mass is 10.1. The third-order valence-electron chi connectivity index (χ3n) is 2.42. The standard InChI is InChI=1S/C11H18N2O2/c1-3-13(4-2)11(14)8-9(12)10-6-5-7-15-10/h5-7,9H,3-4,8,12H2,1-2H3. The molecule has 1 atom stereocenters. The Morgan fingerprint density at radius 2 is 2.20 bits per heavy atom. The summed E-state index contributed by atoms with van der Waals surface area (Å²) >= 11 is 0. The van der Waals surface area contributed by atoms with Crippen molar-refractivity contribution in [2.45, 2.75) is 26.3 Å². The summed E-state index contributed by atoms with van der Waals surface area (Å²) in [5.74, 6) is 0.736. The number of hydrogen-bond acceptors (Lipinski definition) is 3. The van der Waals surface area contributed by atoms with Gasteiger partial charge in [0.2, 0.25) is 5.91 Å². The van der Waals surface area contributed by atoms with Gasteiger partial charge < -0.3 is 15.1 Å². The van der Waals surface area contributed by atoms with E-state index in [4.69, 9.17) is 10.2 Å². The van der Waals surface area contributed by atoms with Gasteiger partial charge in [-0.3, -0.25) is 4.79 Å². The minimum absolute atomic E-state index is 0.0731. The molecule has 0 saturated carbocycles. The van der Waals surface area contributed by atoms with Crippen LogP contribution in [0.25, 0.3) is 0 Å². The van der Waals surface area contributed by atoms with Gasteiger partial charge in [0.25, 0.3) is 0 Å². The number of carbonyl (C=O) groups is 1. The maximum atomic E-state index is 11.7. The monoisotopic (exact) mass is 210 g/mol. The second-order valence-electron chi connectivity index (χ2n) is 3.39. The van der Waals surface area contributed by atoms with Gasteiger partial charge in [0.15, 0.2) is 0 Å². The molecule has 0 aliphatic heterocycles. The van der Waals surface area contributed by atoms with Crippen molar-refractivity contribution < 1.29 is 9.21 Å². The molecule has 84 valence electrons. The number of furan rings is 1. The number of hydrogen-bond donors (Lipinski definition) is 1. The summed E-state index contributed by atoms with van der Waals surface area (Å²) in [6.45, 7) is 5.36. The number of rotatable bonds is 5. The lowest BCUT2D eigenvalue weighted by molar-refractivity contribution is -0.131. The summed E-state index contributed by atoms with van der Waals surface area (Å²) in [6.07, 6.45) is 1.87. The lowest BCUT2D eigenvalue weighted by Crippen LogP contribution is -2.32. The molecule has 1 unspecified atom stereocenters. The Labute approximate surface area is 90.0 Å². The predicted octanol–water partition coefficient (Wildman–Crippen LogP) is 1.54. The smallest absolute Gasteiger partial charge is 0.224 e. The molecule has 0 aromatic carbocycles. The van der Waals surface area contributed by atoms with Crippen LogP contribution in [0.5, 0.6) is 0 Å². The van der Waals surface area contributed by atoms with Crippen molar-refractivity contribution in [2.75, 3.05) is 13.1 Å². The van der Waals surface area contributed by atoms with E-state index < -0.39 is 0 Å². The molecule has 0 spiro atoms. The first-order valence-electron chi connectivity index (χ1n) is 5.25. The zero-order valence-corrected chi connectivity index (χ0v) is 9.27. The van der Waals surface area contributed by atoms with Crippen molar-refractivity contribution in [1.82, 2.24) is 4.90 Å². The van der Waals surface area contributed by atoms with Crippen molar-refractivity contribution in [1.29, 1.82) is 0 Å². The van der Waals surface area contributed by atoms with E-state index in [-0.39, 0.29) is 11.9 Å². The van der Waals surface area contributed by atoms with Gasteiger partial charge in [-0.15, -0.1) is 0 Å². The van der Waals surface area contributed by atoms with E-state index in [9.17, 15) is 4.79 Å². The zero-order valence-electron chi connectivity index (χ0n) is 9.27. The Kier molecular flexibility index (Phi) is 4.37. The summed E-state index contributed by atoms with van der Waals surface area (Å²) in [6, 6.07) is 3.23. The number of carbonyl (C=O) groups excluding carboxylic acids is 1. The lowest BCUT2D eigenvalue weighted by Gasteiger charge is -2.20. The highest BCUT2D eigenvalue weighted by Crippen LogP contribution is 2.15. The number of amides is 1. The SMILES string of the molecule is CCN(CC)C(=O)CC(N)c1ccco1. The average Bonchev–Trinajstić information content (AvgIpc) is 2.72. The van der Waals surface area contributed by atoms with Crippen molar-refractivity contribution >= 4 is 5.91 Å². The molecule has 0 fully saturated rings. The highest BCUT2D eigenvalue weighted by atomic mass is 16.3. The van der Waals surface area contributed by atoms with Crippen LogP contribution in [0.3, 0.4) is 0 Å². The molecule has 4 nitrogen and oxygen atoms in total. The zero-order chi connectivity index (χ0) is 11.3. The second-order valence-corrected chi connectivity index (χ2v) is 3.39. The molecule has 15 heavy (non-hydrogen) atoms. The Hall–Kier alpha value is -1.29. The molecular weight excluding hydrogens is 192 g/mol. The van der Waals surface area contributed by atoms with Gasteiger partial charge in [-0.05, 0) is 26.0 Å². The summed E-state index contributed by atoms with van der Waals surface area (Å²) < 4.78 is 5.15. The molecule has 1 aromatic heterocycles. The van der Waals surface area contributed by atoms with Crippen LogP contribution < -0.4 is 5.73 Å². The van der Waals surface area contributed by atoms with Crippen LogP contribution in [0.15, 0.2) is 22.8 Å². The maximum absolute atomic E-state index is 11.7. The fourth-order valence-electron chi connectivity index (χ4n) is 1.50. The molecule has 0 saturated heterocycles. The summed E-state index contributed by atoms with van der Waals surface area (Å²) in [5, 5.41) is 0. The fourth-order valence-corrected chi connectivity index (χ4v) is 1.50. The van der Waals surface area contributed by atoms with E-state index >= 15 is 0 Å². The first-order chi connectivity index (χ1) is 7.19. The molecule has 0 aliphatic carbocycles. The Balaban J connectivity index is 2.51. The molecular formula is C11H18N2O2. The van der Waals surface area contributed by atoms with Crippen LogP contribution in [0.2, 0.25) is 0 Å². The van der Waals surface area contributed by atoms with E-state index in [2.05, 4.69) is 0 Å². The van der Waals surface area contributed by atoms with Gasteiger partial charge in [0, 0.05) is 19.5 Å². The molecule has 2 N–H and O–H groups in total. The third-order valence-corrected chi connectivity index (χ3v) is 2.42. The normalized spacial score (nSPS) is 12.5. The van der Waals surface area contributed by atoms with Crippen LogP contribution in [-0.2, 0) is 4.79 Å². The van der Waals surface area contributed by atoms with E-state index in [0.717, 1.165) is 13.1 Å². The summed E-state index contributed by atoms with van der Waals surface area (Å²) in [7, 11) is 0. The molecule has 0 bridgehead atoms. The molecule has 1 rings (SSSR count). The van der Waals surface area contributed by atoms with Gasteiger partial charge in [-0.25, -0.2) is 0 Å². The molecule has 1 amide bonds. The predicted molar refractivity (Wildman–Crippen MR) is 58.2 cm³/mol. The fraction of sp³-hybridized carbons (Fsp3) is 0.545. The maximum Gasteiger partial charge on any atom is 0.224 e. The Morgan fingerprint density at radius 1 is 1.53 bits per heavy atom. The number of nitrogens with zero attached hydrogens (tertiary/aromatic N) is 1. The van der Waals surface area contributed by atoms with Crippen molar-refractivity contribution in [3.8, 4) is 0 Å². The topological polar surface area (TPSA) is 59.5 Å². The molecule has 1 aromatic rings. The third kappa shape index (κ3) is 3.09. The van der Waals surface area contributed by atoms with Crippen LogP contribution >= 0.6 is 0 Å². The highest BCUT2D eigenvalue weighted by molar-refractivity contribution is 5.76. The molecule has 0 aliphatic rings. The first kappa shape index (κ1) is 11.8. The minimum Gasteiger partial charge on any atom is -0.468 e. The largest absolute Gasteiger partial charge is 0.468 e. The van der Waals surface area contributed by atoms with E-state index in [0.29, 0.717) is 12.2 Å². The van der Waals surface area contributed by atoms with E-state index in [1.807, 2.05) is 13.8 Å².